The second kappa shape index (κ2) is 6.82. The number of rotatable bonds is 7. The number of hydrogen-bond donors (Lipinski definition) is 0. The van der Waals surface area contributed by atoms with Crippen molar-refractivity contribution in [3.8, 4) is 10.7 Å². The van der Waals surface area contributed by atoms with Crippen molar-refractivity contribution in [1.82, 2.24) is 14.8 Å². The number of hydrogen-bond acceptors (Lipinski definition) is 6. The number of carbonyl (C=O) groups excluding carboxylic acids is 1. The van der Waals surface area contributed by atoms with Crippen LogP contribution in [-0.2, 0) is 6.42 Å². The first-order valence-corrected chi connectivity index (χ1v) is 10.7. The van der Waals surface area contributed by atoms with E-state index >= 15 is 0 Å². The lowest BCUT2D eigenvalue weighted by atomic mass is 10.3. The van der Waals surface area contributed by atoms with Gasteiger partial charge in [-0.3, -0.25) is 9.36 Å². The van der Waals surface area contributed by atoms with Gasteiger partial charge < -0.3 is 0 Å². The Labute approximate surface area is 152 Å². The molecule has 1 aliphatic carbocycles. The number of nitrogens with zero attached hydrogens (tertiary/aromatic N) is 3. The van der Waals surface area contributed by atoms with Crippen molar-refractivity contribution in [2.24, 2.45) is 0 Å². The van der Waals surface area contributed by atoms with Crippen molar-refractivity contribution < 1.29 is 4.79 Å². The van der Waals surface area contributed by atoms with E-state index in [1.54, 1.807) is 22.7 Å². The van der Waals surface area contributed by atoms with Gasteiger partial charge in [-0.2, -0.15) is 0 Å². The fourth-order valence-electron chi connectivity index (χ4n) is 2.53. The van der Waals surface area contributed by atoms with Gasteiger partial charge >= 0.3 is 0 Å². The zero-order chi connectivity index (χ0) is 16.5. The Bertz CT molecular complexity index is 846. The van der Waals surface area contributed by atoms with E-state index < -0.39 is 0 Å². The van der Waals surface area contributed by atoms with Gasteiger partial charge in [-0.05, 0) is 42.8 Å². The summed E-state index contributed by atoms with van der Waals surface area (Å²) in [4.78, 5) is 15.6. The summed E-state index contributed by atoms with van der Waals surface area (Å²) < 4.78 is 2.22. The Morgan fingerprint density at radius 3 is 2.88 bits per heavy atom. The molecule has 0 saturated heterocycles. The molecule has 1 saturated carbocycles. The van der Waals surface area contributed by atoms with Gasteiger partial charge in [0.25, 0.3) is 0 Å². The smallest absolute Gasteiger partial charge is 0.192 e. The van der Waals surface area contributed by atoms with Gasteiger partial charge in [-0.25, -0.2) is 0 Å². The van der Waals surface area contributed by atoms with Crippen LogP contribution in [0.25, 0.3) is 10.7 Å². The number of aromatic nitrogens is 3. The monoisotopic (exact) mass is 375 g/mol. The van der Waals surface area contributed by atoms with Gasteiger partial charge in [-0.1, -0.05) is 24.8 Å². The van der Waals surface area contributed by atoms with Crippen molar-refractivity contribution in [3.05, 3.63) is 39.4 Å². The molecule has 124 valence electrons. The van der Waals surface area contributed by atoms with Crippen LogP contribution in [0.1, 0.15) is 40.4 Å². The number of thioether (sulfide) groups is 1. The molecular formula is C17H17N3OS3. The van der Waals surface area contributed by atoms with Crippen LogP contribution < -0.4 is 0 Å². The quantitative estimate of drug-likeness (QED) is 0.433. The predicted octanol–water partition coefficient (Wildman–Crippen LogP) is 4.94. The summed E-state index contributed by atoms with van der Waals surface area (Å²) in [7, 11) is 0. The molecule has 4 rings (SSSR count). The van der Waals surface area contributed by atoms with Crippen molar-refractivity contribution in [3.63, 3.8) is 0 Å². The zero-order valence-electron chi connectivity index (χ0n) is 13.3. The number of aryl methyl sites for hydroxylation is 1. The summed E-state index contributed by atoms with van der Waals surface area (Å²) in [6.07, 6.45) is 3.32. The third-order valence-corrected chi connectivity index (χ3v) is 7.01. The minimum Gasteiger partial charge on any atom is -0.298 e. The molecule has 0 bridgehead atoms. The molecule has 0 spiro atoms. The van der Waals surface area contributed by atoms with E-state index in [0.29, 0.717) is 11.8 Å². The van der Waals surface area contributed by atoms with E-state index in [1.165, 1.54) is 29.5 Å². The molecule has 3 aromatic rings. The SMILES string of the molecule is CCc1ccc(C(=O)CSc2nnc(-c3cccs3)n2C2CC2)s1. The highest BCUT2D eigenvalue weighted by atomic mass is 32.2. The van der Waals surface area contributed by atoms with Gasteiger partial charge in [-0.15, -0.1) is 32.9 Å². The number of Topliss-reactive ketones (excluding diaryl/α,β-unsaturated/α-hetero) is 1. The molecule has 1 aliphatic rings. The topological polar surface area (TPSA) is 47.8 Å². The van der Waals surface area contributed by atoms with E-state index in [0.717, 1.165) is 27.2 Å². The van der Waals surface area contributed by atoms with E-state index in [-0.39, 0.29) is 5.78 Å². The zero-order valence-corrected chi connectivity index (χ0v) is 15.7. The molecule has 0 aliphatic heterocycles. The van der Waals surface area contributed by atoms with E-state index in [2.05, 4.69) is 33.1 Å². The van der Waals surface area contributed by atoms with Gasteiger partial charge in [0.2, 0.25) is 0 Å². The molecule has 0 aromatic carbocycles. The van der Waals surface area contributed by atoms with Crippen molar-refractivity contribution in [1.29, 1.82) is 0 Å². The highest BCUT2D eigenvalue weighted by molar-refractivity contribution is 7.99. The van der Waals surface area contributed by atoms with E-state index in [4.69, 9.17) is 0 Å². The van der Waals surface area contributed by atoms with Crippen LogP contribution >= 0.6 is 34.4 Å². The van der Waals surface area contributed by atoms with Crippen molar-refractivity contribution >= 4 is 40.2 Å². The second-order valence-corrected chi connectivity index (χ2v) is 8.77. The van der Waals surface area contributed by atoms with Crippen LogP contribution in [0, 0.1) is 0 Å². The molecule has 7 heteroatoms. The van der Waals surface area contributed by atoms with Crippen LogP contribution in [0.15, 0.2) is 34.8 Å². The largest absolute Gasteiger partial charge is 0.298 e. The van der Waals surface area contributed by atoms with Gasteiger partial charge in [0.05, 0.1) is 15.5 Å². The van der Waals surface area contributed by atoms with Crippen LogP contribution in [0.5, 0.6) is 0 Å². The summed E-state index contributed by atoms with van der Waals surface area (Å²) in [6, 6.07) is 8.58. The van der Waals surface area contributed by atoms with Crippen LogP contribution in [0.3, 0.4) is 0 Å². The molecule has 24 heavy (non-hydrogen) atoms. The van der Waals surface area contributed by atoms with Gasteiger partial charge in [0, 0.05) is 10.9 Å². The van der Waals surface area contributed by atoms with E-state index in [9.17, 15) is 4.79 Å². The standard InChI is InChI=1S/C17H17N3OS3/c1-2-12-7-8-14(24-12)13(21)10-23-17-19-18-16(15-4-3-9-22-15)20(17)11-5-6-11/h3-4,7-9,11H,2,5-6,10H2,1H3. The summed E-state index contributed by atoms with van der Waals surface area (Å²) in [6.45, 7) is 2.11. The Balaban J connectivity index is 1.51. The predicted molar refractivity (Wildman–Crippen MR) is 100 cm³/mol. The lowest BCUT2D eigenvalue weighted by Gasteiger charge is -2.07. The molecular weight excluding hydrogens is 358 g/mol. The molecule has 0 unspecified atom stereocenters. The first-order valence-electron chi connectivity index (χ1n) is 7.99. The number of ketones is 1. The highest BCUT2D eigenvalue weighted by Crippen LogP contribution is 2.41. The van der Waals surface area contributed by atoms with Crippen LogP contribution in [0.4, 0.5) is 0 Å². The molecule has 3 heterocycles. The molecule has 4 nitrogen and oxygen atoms in total. The maximum Gasteiger partial charge on any atom is 0.192 e. The molecule has 0 amide bonds. The summed E-state index contributed by atoms with van der Waals surface area (Å²) in [5.41, 5.74) is 0. The fourth-order valence-corrected chi connectivity index (χ4v) is 5.10. The maximum atomic E-state index is 12.4. The molecule has 0 radical (unpaired) electrons. The third kappa shape index (κ3) is 3.20. The molecule has 3 aromatic heterocycles. The lowest BCUT2D eigenvalue weighted by molar-refractivity contribution is 0.102. The Morgan fingerprint density at radius 2 is 2.21 bits per heavy atom. The van der Waals surface area contributed by atoms with Crippen molar-refractivity contribution in [2.45, 2.75) is 37.4 Å². The summed E-state index contributed by atoms with van der Waals surface area (Å²) in [5.74, 6) is 1.53. The van der Waals surface area contributed by atoms with Gasteiger partial charge in [0.1, 0.15) is 0 Å². The Kier molecular flexibility index (Phi) is 4.56. The third-order valence-electron chi connectivity index (χ3n) is 3.94. The second-order valence-electron chi connectivity index (χ2n) is 5.72. The average Bonchev–Trinajstić information content (AvgIpc) is 3.04. The first-order chi connectivity index (χ1) is 11.8. The highest BCUT2D eigenvalue weighted by Gasteiger charge is 2.30. The minimum atomic E-state index is 0.174. The number of thiophene rings is 2. The summed E-state index contributed by atoms with van der Waals surface area (Å²) >= 11 is 4.78. The lowest BCUT2D eigenvalue weighted by Crippen LogP contribution is -2.03. The van der Waals surface area contributed by atoms with Crippen LogP contribution in [0.2, 0.25) is 0 Å². The Morgan fingerprint density at radius 1 is 1.33 bits per heavy atom. The first kappa shape index (κ1) is 16.1. The molecule has 0 N–H and O–H groups in total. The summed E-state index contributed by atoms with van der Waals surface area (Å²) in [5, 5.41) is 11.7. The Hall–Kier alpha value is -1.44. The molecule has 1 fully saturated rings. The molecule has 0 atom stereocenters. The van der Waals surface area contributed by atoms with Crippen LogP contribution in [-0.4, -0.2) is 26.3 Å². The normalized spacial score (nSPS) is 14.2. The minimum absolute atomic E-state index is 0.174. The maximum absolute atomic E-state index is 12.4. The fraction of sp³-hybridized carbons (Fsp3) is 0.353. The van der Waals surface area contributed by atoms with E-state index in [1.807, 2.05) is 18.2 Å². The number of carbonyl (C=O) groups is 1. The van der Waals surface area contributed by atoms with Gasteiger partial charge in [0.15, 0.2) is 16.8 Å². The van der Waals surface area contributed by atoms with Crippen molar-refractivity contribution in [2.75, 3.05) is 5.75 Å². The average molecular weight is 376 g/mol.